The molecule has 1 amide bonds. The number of nitrogens with one attached hydrogen (secondary N) is 2. The Balaban J connectivity index is 2.57. The van der Waals surface area contributed by atoms with E-state index in [4.69, 9.17) is 0 Å². The molecule has 0 atom stereocenters. The number of likely N-dealkylation sites (N-methyl/N-ethyl adjacent to an activating group) is 1. The second-order valence-corrected chi connectivity index (χ2v) is 3.41. The lowest BCUT2D eigenvalue weighted by Crippen LogP contribution is -2.30. The van der Waals surface area contributed by atoms with Gasteiger partial charge < -0.3 is 10.6 Å². The molecule has 3 heteroatoms. The van der Waals surface area contributed by atoms with Crippen LogP contribution in [0.4, 0.5) is 0 Å². The van der Waals surface area contributed by atoms with Crippen LogP contribution >= 0.6 is 0 Å². The predicted octanol–water partition coefficient (Wildman–Crippen LogP) is 1.20. The Kier molecular flexibility index (Phi) is 4.84. The number of amides is 1. The maximum atomic E-state index is 11.6. The fourth-order valence-corrected chi connectivity index (χ4v) is 1.34. The molecule has 0 spiro atoms. The highest BCUT2D eigenvalue weighted by atomic mass is 16.1. The largest absolute Gasteiger partial charge is 0.351 e. The van der Waals surface area contributed by atoms with E-state index in [1.54, 1.807) is 0 Å². The van der Waals surface area contributed by atoms with Gasteiger partial charge in [0.2, 0.25) is 0 Å². The lowest BCUT2D eigenvalue weighted by atomic mass is 10.1. The van der Waals surface area contributed by atoms with Crippen LogP contribution in [-0.4, -0.2) is 26.0 Å². The standard InChI is InChI=1S/C12H18N2O/c1-3-10-5-4-6-11(9-10)12(15)14-8-7-13-2/h4-6,9,13H,3,7-8H2,1-2H3,(H,14,15). The van der Waals surface area contributed by atoms with E-state index in [0.29, 0.717) is 6.54 Å². The van der Waals surface area contributed by atoms with Crippen LogP contribution < -0.4 is 10.6 Å². The van der Waals surface area contributed by atoms with E-state index in [1.807, 2.05) is 31.3 Å². The fraction of sp³-hybridized carbons (Fsp3) is 0.417. The van der Waals surface area contributed by atoms with Gasteiger partial charge in [-0.1, -0.05) is 19.1 Å². The van der Waals surface area contributed by atoms with Crippen LogP contribution in [0, 0.1) is 0 Å². The molecule has 15 heavy (non-hydrogen) atoms. The van der Waals surface area contributed by atoms with Crippen molar-refractivity contribution in [3.8, 4) is 0 Å². The molecule has 1 aromatic rings. The van der Waals surface area contributed by atoms with Gasteiger partial charge in [0, 0.05) is 18.7 Å². The van der Waals surface area contributed by atoms with Crippen LogP contribution in [0.25, 0.3) is 0 Å². The molecular formula is C12H18N2O. The molecule has 0 radical (unpaired) electrons. The third kappa shape index (κ3) is 3.72. The topological polar surface area (TPSA) is 41.1 Å². The summed E-state index contributed by atoms with van der Waals surface area (Å²) in [4.78, 5) is 11.6. The van der Waals surface area contributed by atoms with Gasteiger partial charge in [-0.25, -0.2) is 0 Å². The minimum atomic E-state index is 0.000509. The van der Waals surface area contributed by atoms with Crippen molar-refractivity contribution < 1.29 is 4.79 Å². The van der Waals surface area contributed by atoms with E-state index in [0.717, 1.165) is 18.5 Å². The summed E-state index contributed by atoms with van der Waals surface area (Å²) in [7, 11) is 1.86. The van der Waals surface area contributed by atoms with E-state index < -0.39 is 0 Å². The van der Waals surface area contributed by atoms with Crippen LogP contribution in [-0.2, 0) is 6.42 Å². The molecule has 0 aliphatic carbocycles. The Morgan fingerprint density at radius 3 is 2.80 bits per heavy atom. The Hall–Kier alpha value is -1.35. The van der Waals surface area contributed by atoms with E-state index in [9.17, 15) is 4.79 Å². The first-order valence-corrected chi connectivity index (χ1v) is 5.29. The number of benzene rings is 1. The molecule has 0 aromatic heterocycles. The molecule has 1 aromatic carbocycles. The second-order valence-electron chi connectivity index (χ2n) is 3.41. The molecule has 0 saturated heterocycles. The monoisotopic (exact) mass is 206 g/mol. The van der Waals surface area contributed by atoms with E-state index in [1.165, 1.54) is 5.56 Å². The quantitative estimate of drug-likeness (QED) is 0.711. The van der Waals surface area contributed by atoms with Gasteiger partial charge in [-0.15, -0.1) is 0 Å². The van der Waals surface area contributed by atoms with E-state index in [2.05, 4.69) is 17.6 Å². The normalized spacial score (nSPS) is 10.0. The van der Waals surface area contributed by atoms with Crippen molar-refractivity contribution in [1.29, 1.82) is 0 Å². The summed E-state index contributed by atoms with van der Waals surface area (Å²) in [6.07, 6.45) is 0.956. The summed E-state index contributed by atoms with van der Waals surface area (Å²) in [5.74, 6) is 0.000509. The number of hydrogen-bond acceptors (Lipinski definition) is 2. The van der Waals surface area contributed by atoms with Crippen LogP contribution in [0.15, 0.2) is 24.3 Å². The molecule has 2 N–H and O–H groups in total. The minimum absolute atomic E-state index is 0.000509. The van der Waals surface area contributed by atoms with Crippen molar-refractivity contribution in [2.24, 2.45) is 0 Å². The van der Waals surface area contributed by atoms with Crippen LogP contribution in [0.1, 0.15) is 22.8 Å². The molecule has 0 fully saturated rings. The maximum Gasteiger partial charge on any atom is 0.251 e. The van der Waals surface area contributed by atoms with Crippen LogP contribution in [0.2, 0.25) is 0 Å². The van der Waals surface area contributed by atoms with Gasteiger partial charge in [-0.05, 0) is 31.2 Å². The minimum Gasteiger partial charge on any atom is -0.351 e. The summed E-state index contributed by atoms with van der Waals surface area (Å²) < 4.78 is 0. The van der Waals surface area contributed by atoms with Gasteiger partial charge >= 0.3 is 0 Å². The zero-order valence-corrected chi connectivity index (χ0v) is 9.34. The average molecular weight is 206 g/mol. The summed E-state index contributed by atoms with van der Waals surface area (Å²) >= 11 is 0. The van der Waals surface area contributed by atoms with Gasteiger partial charge in [0.15, 0.2) is 0 Å². The van der Waals surface area contributed by atoms with Crippen molar-refractivity contribution >= 4 is 5.91 Å². The Morgan fingerprint density at radius 1 is 1.33 bits per heavy atom. The van der Waals surface area contributed by atoms with Crippen LogP contribution in [0.5, 0.6) is 0 Å². The molecule has 0 saturated carbocycles. The van der Waals surface area contributed by atoms with Crippen molar-refractivity contribution in [2.45, 2.75) is 13.3 Å². The molecule has 0 heterocycles. The third-order valence-electron chi connectivity index (χ3n) is 2.26. The molecule has 0 aliphatic rings. The van der Waals surface area contributed by atoms with Crippen molar-refractivity contribution in [3.63, 3.8) is 0 Å². The first-order chi connectivity index (χ1) is 7.27. The summed E-state index contributed by atoms with van der Waals surface area (Å²) in [5, 5.41) is 5.83. The molecule has 0 aliphatic heterocycles. The maximum absolute atomic E-state index is 11.6. The Morgan fingerprint density at radius 2 is 2.13 bits per heavy atom. The third-order valence-corrected chi connectivity index (χ3v) is 2.26. The Labute approximate surface area is 90.9 Å². The van der Waals surface area contributed by atoms with E-state index >= 15 is 0 Å². The first-order valence-electron chi connectivity index (χ1n) is 5.29. The number of aryl methyl sites for hydroxylation is 1. The van der Waals surface area contributed by atoms with Gasteiger partial charge in [-0.3, -0.25) is 4.79 Å². The van der Waals surface area contributed by atoms with Crippen molar-refractivity contribution in [1.82, 2.24) is 10.6 Å². The first kappa shape index (κ1) is 11.7. The zero-order valence-electron chi connectivity index (χ0n) is 9.34. The number of carbonyl (C=O) groups excluding carboxylic acids is 1. The average Bonchev–Trinajstić information content (AvgIpc) is 2.29. The van der Waals surface area contributed by atoms with Gasteiger partial charge in [0.05, 0.1) is 0 Å². The smallest absolute Gasteiger partial charge is 0.251 e. The van der Waals surface area contributed by atoms with Crippen LogP contribution in [0.3, 0.4) is 0 Å². The summed E-state index contributed by atoms with van der Waals surface area (Å²) in [6.45, 7) is 3.53. The molecule has 1 rings (SSSR count). The predicted molar refractivity (Wildman–Crippen MR) is 62.1 cm³/mol. The molecule has 3 nitrogen and oxygen atoms in total. The molecule has 0 bridgehead atoms. The highest BCUT2D eigenvalue weighted by Crippen LogP contribution is 2.05. The van der Waals surface area contributed by atoms with E-state index in [-0.39, 0.29) is 5.91 Å². The number of carbonyl (C=O) groups is 1. The Bertz CT molecular complexity index is 323. The summed E-state index contributed by atoms with van der Waals surface area (Å²) in [5.41, 5.74) is 1.93. The molecule has 82 valence electrons. The number of hydrogen-bond donors (Lipinski definition) is 2. The van der Waals surface area contributed by atoms with Crippen molar-refractivity contribution in [3.05, 3.63) is 35.4 Å². The van der Waals surface area contributed by atoms with Crippen molar-refractivity contribution in [2.75, 3.05) is 20.1 Å². The second kappa shape index (κ2) is 6.19. The zero-order chi connectivity index (χ0) is 11.1. The lowest BCUT2D eigenvalue weighted by Gasteiger charge is -2.05. The highest BCUT2D eigenvalue weighted by molar-refractivity contribution is 5.94. The lowest BCUT2D eigenvalue weighted by molar-refractivity contribution is 0.0954. The summed E-state index contributed by atoms with van der Waals surface area (Å²) in [6, 6.07) is 7.73. The van der Waals surface area contributed by atoms with Gasteiger partial charge in [0.25, 0.3) is 5.91 Å². The molecule has 0 unspecified atom stereocenters. The SMILES string of the molecule is CCc1cccc(C(=O)NCCNC)c1. The fourth-order valence-electron chi connectivity index (χ4n) is 1.34. The highest BCUT2D eigenvalue weighted by Gasteiger charge is 2.04. The number of rotatable bonds is 5. The molecular weight excluding hydrogens is 188 g/mol. The van der Waals surface area contributed by atoms with Gasteiger partial charge in [-0.2, -0.15) is 0 Å². The van der Waals surface area contributed by atoms with Gasteiger partial charge in [0.1, 0.15) is 0 Å².